The first-order valence-corrected chi connectivity index (χ1v) is 13.7. The zero-order chi connectivity index (χ0) is 29.6. The molecule has 1 aliphatic rings. The number of anilines is 1. The number of alkyl carbamates (subject to hydrolysis) is 1. The Morgan fingerprint density at radius 3 is 2.12 bits per heavy atom. The number of carboxylic acid groups (broad SMARTS) is 1. The number of carboxylic acids is 1. The number of carbonyl (C=O) groups excluding carboxylic acids is 2. The van der Waals surface area contributed by atoms with E-state index < -0.39 is 30.1 Å². The van der Waals surface area contributed by atoms with Gasteiger partial charge in [0.1, 0.15) is 12.6 Å². The third kappa shape index (κ3) is 6.34. The molecule has 0 bridgehead atoms. The summed E-state index contributed by atoms with van der Waals surface area (Å²) in [5, 5.41) is 15.0. The molecule has 2 atom stereocenters. The molecule has 0 aliphatic heterocycles. The summed E-state index contributed by atoms with van der Waals surface area (Å²) >= 11 is 0. The average molecular weight is 565 g/mol. The van der Waals surface area contributed by atoms with Crippen LogP contribution in [0.25, 0.3) is 11.1 Å². The molecule has 0 fully saturated rings. The lowest BCUT2D eigenvalue weighted by molar-refractivity contribution is -0.121. The highest BCUT2D eigenvalue weighted by Gasteiger charge is 2.32. The van der Waals surface area contributed by atoms with E-state index in [-0.39, 0.29) is 30.4 Å². The van der Waals surface area contributed by atoms with Crippen molar-refractivity contribution >= 4 is 23.7 Å². The van der Waals surface area contributed by atoms with E-state index in [1.165, 1.54) is 12.1 Å². The molecular weight excluding hydrogens is 532 g/mol. The van der Waals surface area contributed by atoms with Crippen molar-refractivity contribution < 1.29 is 29.0 Å². The second-order valence-corrected chi connectivity index (χ2v) is 10.3. The lowest BCUT2D eigenvalue weighted by Gasteiger charge is -2.25. The Morgan fingerprint density at radius 2 is 1.48 bits per heavy atom. The van der Waals surface area contributed by atoms with Crippen LogP contribution in [-0.4, -0.2) is 41.8 Å². The maximum Gasteiger partial charge on any atom is 0.407 e. The van der Waals surface area contributed by atoms with Gasteiger partial charge in [0.15, 0.2) is 0 Å². The number of hydrogen-bond acceptors (Lipinski definition) is 5. The number of aromatic carboxylic acids is 1. The van der Waals surface area contributed by atoms with Crippen molar-refractivity contribution in [3.63, 3.8) is 0 Å². The maximum atomic E-state index is 13.5. The molecule has 8 nitrogen and oxygen atoms in total. The normalized spacial score (nSPS) is 13.4. The van der Waals surface area contributed by atoms with Crippen molar-refractivity contribution in [3.05, 3.63) is 125 Å². The van der Waals surface area contributed by atoms with Gasteiger partial charge >= 0.3 is 12.1 Å². The molecule has 8 heteroatoms. The molecule has 0 saturated heterocycles. The molecule has 42 heavy (non-hydrogen) atoms. The van der Waals surface area contributed by atoms with Crippen LogP contribution in [0.5, 0.6) is 0 Å². The van der Waals surface area contributed by atoms with Gasteiger partial charge < -0.3 is 25.2 Å². The van der Waals surface area contributed by atoms with E-state index in [1.807, 2.05) is 66.7 Å². The van der Waals surface area contributed by atoms with Crippen molar-refractivity contribution in [1.82, 2.24) is 5.32 Å². The van der Waals surface area contributed by atoms with Crippen LogP contribution in [0.4, 0.5) is 10.5 Å². The number of aryl methyl sites for hydroxylation is 1. The SMILES string of the molecule is Cc1ccc(NC(=O)C(NC(=O)OCC2c3ccccc3-c3ccccc32)C(C)OCc2ccccc2)c(C(=O)O)c1. The van der Waals surface area contributed by atoms with Crippen molar-refractivity contribution in [2.24, 2.45) is 0 Å². The van der Waals surface area contributed by atoms with Crippen LogP contribution in [0, 0.1) is 6.92 Å². The van der Waals surface area contributed by atoms with Gasteiger partial charge in [0.05, 0.1) is 24.0 Å². The Morgan fingerprint density at radius 1 is 0.857 bits per heavy atom. The van der Waals surface area contributed by atoms with Gasteiger partial charge in [0.25, 0.3) is 0 Å². The Bertz CT molecular complexity index is 1560. The standard InChI is InChI=1S/C34H32N2O6/c1-21-16-17-30(28(18-21)33(38)39)35-32(37)31(22(2)41-19-23-10-4-3-5-11-23)36-34(40)42-20-29-26-14-8-6-12-24(26)25-13-7-9-15-27(25)29/h3-18,22,29,31H,19-20H2,1-2H3,(H,35,37)(H,36,40)(H,38,39). The topological polar surface area (TPSA) is 114 Å². The Labute approximate surface area is 244 Å². The van der Waals surface area contributed by atoms with Crippen molar-refractivity contribution in [2.75, 3.05) is 11.9 Å². The van der Waals surface area contributed by atoms with Gasteiger partial charge in [-0.1, -0.05) is 90.5 Å². The van der Waals surface area contributed by atoms with E-state index in [1.54, 1.807) is 19.9 Å². The fourth-order valence-corrected chi connectivity index (χ4v) is 5.22. The predicted octanol–water partition coefficient (Wildman–Crippen LogP) is 6.14. The lowest BCUT2D eigenvalue weighted by atomic mass is 9.98. The molecule has 0 saturated carbocycles. The van der Waals surface area contributed by atoms with E-state index in [2.05, 4.69) is 22.8 Å². The monoisotopic (exact) mass is 564 g/mol. The van der Waals surface area contributed by atoms with Gasteiger partial charge in [0.2, 0.25) is 5.91 Å². The summed E-state index contributed by atoms with van der Waals surface area (Å²) in [6.07, 6.45) is -1.56. The largest absolute Gasteiger partial charge is 0.478 e. The van der Waals surface area contributed by atoms with Gasteiger partial charge in [-0.15, -0.1) is 0 Å². The zero-order valence-corrected chi connectivity index (χ0v) is 23.4. The number of rotatable bonds is 10. The summed E-state index contributed by atoms with van der Waals surface area (Å²) in [7, 11) is 0. The van der Waals surface area contributed by atoms with E-state index in [4.69, 9.17) is 9.47 Å². The van der Waals surface area contributed by atoms with Crippen LogP contribution >= 0.6 is 0 Å². The van der Waals surface area contributed by atoms with Crippen molar-refractivity contribution in [3.8, 4) is 11.1 Å². The van der Waals surface area contributed by atoms with E-state index >= 15 is 0 Å². The summed E-state index contributed by atoms with van der Waals surface area (Å²) in [5.74, 6) is -1.95. The van der Waals surface area contributed by atoms with E-state index in [9.17, 15) is 19.5 Å². The number of nitrogens with one attached hydrogen (secondary N) is 2. The lowest BCUT2D eigenvalue weighted by Crippen LogP contribution is -2.51. The van der Waals surface area contributed by atoms with Crippen molar-refractivity contribution in [1.29, 1.82) is 0 Å². The number of fused-ring (bicyclic) bond motifs is 3. The molecule has 2 unspecified atom stereocenters. The molecule has 1 aliphatic carbocycles. The third-order valence-electron chi connectivity index (χ3n) is 7.39. The van der Waals surface area contributed by atoms with Crippen LogP contribution in [0.1, 0.15) is 45.5 Å². The number of benzene rings is 4. The van der Waals surface area contributed by atoms with Gasteiger partial charge in [-0.05, 0) is 53.8 Å². The van der Waals surface area contributed by atoms with E-state index in [0.29, 0.717) is 0 Å². The zero-order valence-electron chi connectivity index (χ0n) is 23.4. The van der Waals surface area contributed by atoms with Gasteiger partial charge in [-0.25, -0.2) is 9.59 Å². The van der Waals surface area contributed by atoms with Crippen LogP contribution in [0.15, 0.2) is 97.1 Å². The number of ether oxygens (including phenoxy) is 2. The Kier molecular flexibility index (Phi) is 8.64. The smallest absolute Gasteiger partial charge is 0.407 e. The van der Waals surface area contributed by atoms with Crippen LogP contribution in [0.3, 0.4) is 0 Å². The first-order valence-electron chi connectivity index (χ1n) is 13.7. The second-order valence-electron chi connectivity index (χ2n) is 10.3. The predicted molar refractivity (Wildman–Crippen MR) is 159 cm³/mol. The molecule has 2 amide bonds. The molecule has 4 aromatic carbocycles. The average Bonchev–Trinajstić information content (AvgIpc) is 3.32. The van der Waals surface area contributed by atoms with E-state index in [0.717, 1.165) is 33.4 Å². The summed E-state index contributed by atoms with van der Waals surface area (Å²) in [5.41, 5.74) is 6.05. The quantitative estimate of drug-likeness (QED) is 0.213. The summed E-state index contributed by atoms with van der Waals surface area (Å²) in [6, 6.07) is 29.0. The third-order valence-corrected chi connectivity index (χ3v) is 7.39. The molecule has 5 rings (SSSR count). The highest BCUT2D eigenvalue weighted by molar-refractivity contribution is 6.03. The van der Waals surface area contributed by atoms with Crippen LogP contribution < -0.4 is 10.6 Å². The molecule has 214 valence electrons. The van der Waals surface area contributed by atoms with Gasteiger partial charge in [-0.3, -0.25) is 4.79 Å². The molecule has 0 radical (unpaired) electrons. The molecule has 4 aromatic rings. The Hall–Kier alpha value is -4.95. The number of amides is 2. The molecule has 0 aromatic heterocycles. The van der Waals surface area contributed by atoms with Gasteiger partial charge in [0, 0.05) is 5.92 Å². The van der Waals surface area contributed by atoms with Crippen LogP contribution in [-0.2, 0) is 20.9 Å². The summed E-state index contributed by atoms with van der Waals surface area (Å²) in [6.45, 7) is 3.72. The first-order chi connectivity index (χ1) is 20.3. The fourth-order valence-electron chi connectivity index (χ4n) is 5.22. The maximum absolute atomic E-state index is 13.5. The Balaban J connectivity index is 1.32. The highest BCUT2D eigenvalue weighted by atomic mass is 16.5. The minimum absolute atomic E-state index is 0.0545. The number of hydrogen-bond donors (Lipinski definition) is 3. The first kappa shape index (κ1) is 28.6. The molecule has 0 heterocycles. The minimum Gasteiger partial charge on any atom is -0.478 e. The van der Waals surface area contributed by atoms with Crippen LogP contribution in [0.2, 0.25) is 0 Å². The summed E-state index contributed by atoms with van der Waals surface area (Å²) < 4.78 is 11.7. The fraction of sp³-hybridized carbons (Fsp3) is 0.206. The second kappa shape index (κ2) is 12.7. The molecular formula is C34H32N2O6. The summed E-state index contributed by atoms with van der Waals surface area (Å²) in [4.78, 5) is 38.4. The highest BCUT2D eigenvalue weighted by Crippen LogP contribution is 2.44. The number of carbonyl (C=O) groups is 3. The van der Waals surface area contributed by atoms with Crippen molar-refractivity contribution in [2.45, 2.75) is 38.5 Å². The minimum atomic E-state index is -1.18. The molecule has 3 N–H and O–H groups in total. The van der Waals surface area contributed by atoms with Gasteiger partial charge in [-0.2, -0.15) is 0 Å². The molecule has 0 spiro atoms.